The van der Waals surface area contributed by atoms with Crippen LogP contribution in [0.15, 0.2) is 12.4 Å². The van der Waals surface area contributed by atoms with Crippen LogP contribution in [0.2, 0.25) is 0 Å². The van der Waals surface area contributed by atoms with Gasteiger partial charge in [0.2, 0.25) is 0 Å². The molecule has 0 fully saturated rings. The molecule has 0 saturated carbocycles. The lowest BCUT2D eigenvalue weighted by atomic mass is 10.2. The maximum atomic E-state index is 11.8. The smallest absolute Gasteiger partial charge is 0.271 e. The maximum absolute atomic E-state index is 11.8. The van der Waals surface area contributed by atoms with Gasteiger partial charge >= 0.3 is 0 Å². The number of hydrogen-bond acceptors (Lipinski definition) is 4. The van der Waals surface area contributed by atoms with Crippen LogP contribution in [0.25, 0.3) is 0 Å². The Morgan fingerprint density at radius 2 is 2.11 bits per heavy atom. The van der Waals surface area contributed by atoms with E-state index in [-0.39, 0.29) is 11.9 Å². The van der Waals surface area contributed by atoms with Gasteiger partial charge in [-0.15, -0.1) is 0 Å². The first-order valence-electron chi connectivity index (χ1n) is 6.54. The molecule has 0 aliphatic heterocycles. The molecule has 0 spiro atoms. The largest absolute Gasteiger partial charge is 0.369 e. The normalized spacial score (nSPS) is 11.9. The van der Waals surface area contributed by atoms with Gasteiger partial charge in [0.1, 0.15) is 11.5 Å². The second-order valence-corrected chi connectivity index (χ2v) is 4.35. The predicted molar refractivity (Wildman–Crippen MR) is 72.6 cm³/mol. The Balaban J connectivity index is 2.51. The summed E-state index contributed by atoms with van der Waals surface area (Å²) < 4.78 is 0. The van der Waals surface area contributed by atoms with Crippen molar-refractivity contribution in [3.63, 3.8) is 0 Å². The highest BCUT2D eigenvalue weighted by Gasteiger charge is 2.10. The Morgan fingerprint density at radius 3 is 2.67 bits per heavy atom. The Hall–Kier alpha value is -1.65. The molecule has 100 valence electrons. The van der Waals surface area contributed by atoms with Crippen LogP contribution in [-0.2, 0) is 0 Å². The minimum atomic E-state index is -0.169. The monoisotopic (exact) mass is 250 g/mol. The summed E-state index contributed by atoms with van der Waals surface area (Å²) in [6.45, 7) is 7.00. The molecular weight excluding hydrogens is 228 g/mol. The number of hydrogen-bond donors (Lipinski definition) is 2. The van der Waals surface area contributed by atoms with E-state index >= 15 is 0 Å². The van der Waals surface area contributed by atoms with Crippen molar-refractivity contribution in [3.8, 4) is 0 Å². The van der Waals surface area contributed by atoms with Gasteiger partial charge in [-0.25, -0.2) is 9.97 Å². The Morgan fingerprint density at radius 1 is 1.33 bits per heavy atom. The van der Waals surface area contributed by atoms with Crippen molar-refractivity contribution in [1.82, 2.24) is 15.3 Å². The van der Waals surface area contributed by atoms with Gasteiger partial charge in [-0.3, -0.25) is 4.79 Å². The predicted octanol–water partition coefficient (Wildman–Crippen LogP) is 2.22. The Kier molecular flexibility index (Phi) is 6.11. The second kappa shape index (κ2) is 7.63. The summed E-state index contributed by atoms with van der Waals surface area (Å²) in [5.74, 6) is 0.542. The van der Waals surface area contributed by atoms with Crippen molar-refractivity contribution in [2.24, 2.45) is 0 Å². The quantitative estimate of drug-likeness (QED) is 0.728. The zero-order chi connectivity index (χ0) is 13.4. The van der Waals surface area contributed by atoms with Crippen molar-refractivity contribution < 1.29 is 4.79 Å². The summed E-state index contributed by atoms with van der Waals surface area (Å²) in [4.78, 5) is 20.0. The number of carbonyl (C=O) groups excluding carboxylic acids is 1. The van der Waals surface area contributed by atoms with Crippen molar-refractivity contribution in [3.05, 3.63) is 18.1 Å². The molecule has 1 unspecified atom stereocenters. The lowest BCUT2D eigenvalue weighted by Gasteiger charge is -2.10. The van der Waals surface area contributed by atoms with E-state index in [1.165, 1.54) is 6.20 Å². The standard InChI is InChI=1S/C13H22N4O/c1-4-6-7-14-12-9-15-11(8-16-12)13(18)17-10(3)5-2/h8-10H,4-7H2,1-3H3,(H,14,16)(H,17,18). The molecular formula is C13H22N4O. The first kappa shape index (κ1) is 14.4. The Bertz CT molecular complexity index is 364. The van der Waals surface area contributed by atoms with Gasteiger partial charge in [0.25, 0.3) is 5.91 Å². The SMILES string of the molecule is CCCCNc1cnc(C(=O)NC(C)CC)cn1. The fraction of sp³-hybridized carbons (Fsp3) is 0.615. The van der Waals surface area contributed by atoms with Crippen LogP contribution in [0.4, 0.5) is 5.82 Å². The van der Waals surface area contributed by atoms with Gasteiger partial charge in [-0.2, -0.15) is 0 Å². The van der Waals surface area contributed by atoms with E-state index in [9.17, 15) is 4.79 Å². The van der Waals surface area contributed by atoms with Crippen molar-refractivity contribution in [2.45, 2.75) is 46.1 Å². The molecule has 1 amide bonds. The number of carbonyl (C=O) groups is 1. The third-order valence-corrected chi connectivity index (χ3v) is 2.71. The van der Waals surface area contributed by atoms with E-state index in [0.29, 0.717) is 11.5 Å². The van der Waals surface area contributed by atoms with E-state index in [4.69, 9.17) is 0 Å². The summed E-state index contributed by atoms with van der Waals surface area (Å²) in [6.07, 6.45) is 6.23. The maximum Gasteiger partial charge on any atom is 0.271 e. The van der Waals surface area contributed by atoms with Gasteiger partial charge in [-0.1, -0.05) is 20.3 Å². The van der Waals surface area contributed by atoms with E-state index in [0.717, 1.165) is 25.8 Å². The van der Waals surface area contributed by atoms with Crippen LogP contribution in [0.1, 0.15) is 50.5 Å². The topological polar surface area (TPSA) is 66.9 Å². The minimum Gasteiger partial charge on any atom is -0.369 e. The van der Waals surface area contributed by atoms with Crippen LogP contribution in [0.3, 0.4) is 0 Å². The highest BCUT2D eigenvalue weighted by molar-refractivity contribution is 5.92. The van der Waals surface area contributed by atoms with E-state index in [1.54, 1.807) is 6.20 Å². The van der Waals surface area contributed by atoms with Crippen molar-refractivity contribution in [1.29, 1.82) is 0 Å². The molecule has 1 atom stereocenters. The number of anilines is 1. The summed E-state index contributed by atoms with van der Waals surface area (Å²) in [7, 11) is 0. The highest BCUT2D eigenvalue weighted by Crippen LogP contribution is 2.02. The second-order valence-electron chi connectivity index (χ2n) is 4.35. The summed E-state index contributed by atoms with van der Waals surface area (Å²) in [5.41, 5.74) is 0.358. The molecule has 5 nitrogen and oxygen atoms in total. The van der Waals surface area contributed by atoms with E-state index < -0.39 is 0 Å². The van der Waals surface area contributed by atoms with Crippen LogP contribution < -0.4 is 10.6 Å². The molecule has 1 aromatic rings. The first-order valence-corrected chi connectivity index (χ1v) is 6.54. The molecule has 1 aromatic heterocycles. The van der Waals surface area contributed by atoms with Crippen LogP contribution in [-0.4, -0.2) is 28.5 Å². The Labute approximate surface area is 108 Å². The van der Waals surface area contributed by atoms with E-state index in [2.05, 4.69) is 27.5 Å². The molecule has 1 heterocycles. The summed E-state index contributed by atoms with van der Waals surface area (Å²) in [6, 6.07) is 0.154. The van der Waals surface area contributed by atoms with Gasteiger partial charge in [0.15, 0.2) is 0 Å². The van der Waals surface area contributed by atoms with Gasteiger partial charge in [-0.05, 0) is 19.8 Å². The number of rotatable bonds is 7. The molecule has 0 bridgehead atoms. The molecule has 2 N–H and O–H groups in total. The van der Waals surface area contributed by atoms with Gasteiger partial charge < -0.3 is 10.6 Å². The minimum absolute atomic E-state index is 0.154. The number of aromatic nitrogens is 2. The van der Waals surface area contributed by atoms with Crippen LogP contribution in [0.5, 0.6) is 0 Å². The summed E-state index contributed by atoms with van der Waals surface area (Å²) >= 11 is 0. The molecule has 0 radical (unpaired) electrons. The summed E-state index contributed by atoms with van der Waals surface area (Å²) in [5, 5.41) is 6.01. The molecule has 0 aliphatic rings. The fourth-order valence-electron chi connectivity index (χ4n) is 1.33. The number of nitrogens with one attached hydrogen (secondary N) is 2. The van der Waals surface area contributed by atoms with Gasteiger partial charge in [0.05, 0.1) is 12.4 Å². The zero-order valence-electron chi connectivity index (χ0n) is 11.4. The lowest BCUT2D eigenvalue weighted by molar-refractivity contribution is 0.0934. The number of amides is 1. The third-order valence-electron chi connectivity index (χ3n) is 2.71. The zero-order valence-corrected chi connectivity index (χ0v) is 11.4. The average Bonchev–Trinajstić information content (AvgIpc) is 2.39. The van der Waals surface area contributed by atoms with Crippen LogP contribution >= 0.6 is 0 Å². The van der Waals surface area contributed by atoms with Crippen molar-refractivity contribution >= 4 is 11.7 Å². The molecule has 0 saturated heterocycles. The molecule has 0 aromatic carbocycles. The van der Waals surface area contributed by atoms with E-state index in [1.807, 2.05) is 13.8 Å². The lowest BCUT2D eigenvalue weighted by Crippen LogP contribution is -2.32. The van der Waals surface area contributed by atoms with Gasteiger partial charge in [0, 0.05) is 12.6 Å². The third kappa shape index (κ3) is 4.69. The number of nitrogens with zero attached hydrogens (tertiary/aromatic N) is 2. The molecule has 0 aliphatic carbocycles. The average molecular weight is 250 g/mol. The highest BCUT2D eigenvalue weighted by atomic mass is 16.1. The fourth-order valence-corrected chi connectivity index (χ4v) is 1.33. The molecule has 5 heteroatoms. The van der Waals surface area contributed by atoms with Crippen molar-refractivity contribution in [2.75, 3.05) is 11.9 Å². The molecule has 1 rings (SSSR count). The number of unbranched alkanes of at least 4 members (excludes halogenated alkanes) is 1. The molecule has 18 heavy (non-hydrogen) atoms. The first-order chi connectivity index (χ1) is 8.67. The van der Waals surface area contributed by atoms with Crippen LogP contribution in [0, 0.1) is 0 Å².